The molecule has 1 N–H and O–H groups in total. The third kappa shape index (κ3) is 9.09. The molecule has 0 bridgehead atoms. The second-order valence-corrected chi connectivity index (χ2v) is 14.1. The van der Waals surface area contributed by atoms with Gasteiger partial charge in [0.25, 0.3) is 10.0 Å². The van der Waals surface area contributed by atoms with Crippen molar-refractivity contribution in [3.8, 4) is 0 Å². The Morgan fingerprint density at radius 3 is 2.11 bits per heavy atom. The van der Waals surface area contributed by atoms with Gasteiger partial charge in [0.05, 0.1) is 20.6 Å². The smallest absolute Gasteiger partial charge is 0.264 e. The van der Waals surface area contributed by atoms with Crippen LogP contribution in [0.4, 0.5) is 10.1 Å². The van der Waals surface area contributed by atoms with Gasteiger partial charge in [0, 0.05) is 19.5 Å². The summed E-state index contributed by atoms with van der Waals surface area (Å²) in [6, 6.07) is 24.3. The topological polar surface area (TPSA) is 86.8 Å². The van der Waals surface area contributed by atoms with Crippen LogP contribution in [0.5, 0.6) is 0 Å². The molecule has 242 valence electrons. The maximum Gasteiger partial charge on any atom is 0.264 e. The van der Waals surface area contributed by atoms with E-state index in [1.807, 2.05) is 51.1 Å². The predicted molar refractivity (Wildman–Crippen MR) is 181 cm³/mol. The maximum atomic E-state index is 14.5. The number of hydrogen-bond acceptors (Lipinski definition) is 4. The first kappa shape index (κ1) is 34.9. The highest BCUT2D eigenvalue weighted by atomic mass is 35.5. The van der Waals surface area contributed by atoms with E-state index in [9.17, 15) is 22.4 Å². The lowest BCUT2D eigenvalue weighted by Gasteiger charge is -2.34. The molecule has 4 rings (SSSR count). The number of hydrogen-bond donors (Lipinski definition) is 1. The van der Waals surface area contributed by atoms with Crippen LogP contribution < -0.4 is 9.62 Å². The number of rotatable bonds is 13. The largest absolute Gasteiger partial charge is 0.354 e. The van der Waals surface area contributed by atoms with Crippen molar-refractivity contribution < 1.29 is 22.4 Å². The van der Waals surface area contributed by atoms with Gasteiger partial charge in [-0.2, -0.15) is 0 Å². The standard InChI is InChI=1S/C35H36Cl2FN3O4S/c1-24(2)21-39-35(43)33(20-26-7-5-4-6-8-26)40(22-27-11-18-31(36)32(37)19-27)34(42)23-41(29-14-9-25(3)10-15-29)46(44,45)30-16-12-28(38)13-17-30/h4-19,24,33H,20-23H2,1-3H3,(H,39,43). The summed E-state index contributed by atoms with van der Waals surface area (Å²) in [5.74, 6) is -1.45. The van der Waals surface area contributed by atoms with E-state index in [2.05, 4.69) is 5.32 Å². The van der Waals surface area contributed by atoms with Gasteiger partial charge in [-0.25, -0.2) is 12.8 Å². The number of benzene rings is 4. The second kappa shape index (κ2) is 15.6. The van der Waals surface area contributed by atoms with E-state index in [0.29, 0.717) is 17.1 Å². The fraction of sp³-hybridized carbons (Fsp3) is 0.257. The third-order valence-corrected chi connectivity index (χ3v) is 9.82. The van der Waals surface area contributed by atoms with Crippen molar-refractivity contribution in [2.75, 3.05) is 17.4 Å². The van der Waals surface area contributed by atoms with Crippen LogP contribution in [0.15, 0.2) is 102 Å². The van der Waals surface area contributed by atoms with E-state index in [-0.39, 0.29) is 40.4 Å². The van der Waals surface area contributed by atoms with Crippen LogP contribution in [-0.2, 0) is 32.6 Å². The molecule has 1 unspecified atom stereocenters. The summed E-state index contributed by atoms with van der Waals surface area (Å²) in [4.78, 5) is 29.5. The highest BCUT2D eigenvalue weighted by Crippen LogP contribution is 2.27. The first-order valence-electron chi connectivity index (χ1n) is 14.7. The zero-order chi connectivity index (χ0) is 33.4. The number of sulfonamides is 1. The molecular weight excluding hydrogens is 648 g/mol. The summed E-state index contributed by atoms with van der Waals surface area (Å²) in [5.41, 5.74) is 2.54. The predicted octanol–water partition coefficient (Wildman–Crippen LogP) is 7.05. The molecule has 11 heteroatoms. The Hall–Kier alpha value is -3.92. The highest BCUT2D eigenvalue weighted by Gasteiger charge is 2.34. The summed E-state index contributed by atoms with van der Waals surface area (Å²) in [5, 5.41) is 3.55. The Balaban J connectivity index is 1.81. The zero-order valence-electron chi connectivity index (χ0n) is 25.8. The Bertz CT molecular complexity index is 1750. The van der Waals surface area contributed by atoms with Crippen LogP contribution in [0.25, 0.3) is 0 Å². The van der Waals surface area contributed by atoms with Gasteiger partial charge in [-0.15, -0.1) is 0 Å². The second-order valence-electron chi connectivity index (χ2n) is 11.4. The van der Waals surface area contributed by atoms with E-state index >= 15 is 0 Å². The van der Waals surface area contributed by atoms with E-state index < -0.39 is 34.3 Å². The quantitative estimate of drug-likeness (QED) is 0.164. The zero-order valence-corrected chi connectivity index (χ0v) is 28.1. The van der Waals surface area contributed by atoms with Crippen molar-refractivity contribution in [3.05, 3.63) is 130 Å². The van der Waals surface area contributed by atoms with Crippen molar-refractivity contribution in [2.45, 2.75) is 44.7 Å². The lowest BCUT2D eigenvalue weighted by molar-refractivity contribution is -0.140. The molecule has 0 spiro atoms. The third-order valence-electron chi connectivity index (χ3n) is 7.30. The van der Waals surface area contributed by atoms with Gasteiger partial charge in [-0.3, -0.25) is 13.9 Å². The Morgan fingerprint density at radius 1 is 0.848 bits per heavy atom. The minimum absolute atomic E-state index is 0.0549. The van der Waals surface area contributed by atoms with Gasteiger partial charge < -0.3 is 10.2 Å². The van der Waals surface area contributed by atoms with E-state index in [1.54, 1.807) is 42.5 Å². The molecule has 1 atom stereocenters. The average Bonchev–Trinajstić information content (AvgIpc) is 3.03. The Labute approximate surface area is 280 Å². The number of aryl methyl sites for hydroxylation is 1. The first-order chi connectivity index (χ1) is 21.8. The number of nitrogens with one attached hydrogen (secondary N) is 1. The highest BCUT2D eigenvalue weighted by molar-refractivity contribution is 7.92. The Morgan fingerprint density at radius 2 is 1.50 bits per heavy atom. The molecule has 4 aromatic rings. The van der Waals surface area contributed by atoms with Crippen molar-refractivity contribution in [1.29, 1.82) is 0 Å². The molecule has 2 amide bonds. The van der Waals surface area contributed by atoms with Gasteiger partial charge in [0.15, 0.2) is 0 Å². The molecule has 0 saturated heterocycles. The molecule has 0 aliphatic rings. The summed E-state index contributed by atoms with van der Waals surface area (Å²) in [6.45, 7) is 5.48. The summed E-state index contributed by atoms with van der Waals surface area (Å²) in [7, 11) is -4.34. The van der Waals surface area contributed by atoms with Gasteiger partial charge in [-0.05, 0) is 72.5 Å². The lowest BCUT2D eigenvalue weighted by atomic mass is 10.0. The minimum atomic E-state index is -4.34. The molecular formula is C35H36Cl2FN3O4S. The number of anilines is 1. The van der Waals surface area contributed by atoms with Crippen LogP contribution in [0.3, 0.4) is 0 Å². The lowest BCUT2D eigenvalue weighted by Crippen LogP contribution is -2.53. The molecule has 0 heterocycles. The summed E-state index contributed by atoms with van der Waals surface area (Å²) >= 11 is 12.5. The van der Waals surface area contributed by atoms with Crippen LogP contribution >= 0.6 is 23.2 Å². The number of carbonyl (C=O) groups excluding carboxylic acids is 2. The summed E-state index contributed by atoms with van der Waals surface area (Å²) < 4.78 is 42.8. The van der Waals surface area contributed by atoms with Crippen LogP contribution in [0.2, 0.25) is 10.0 Å². The maximum absolute atomic E-state index is 14.5. The molecule has 0 aliphatic heterocycles. The van der Waals surface area contributed by atoms with Crippen molar-refractivity contribution >= 4 is 50.7 Å². The van der Waals surface area contributed by atoms with E-state index in [1.165, 1.54) is 4.90 Å². The van der Waals surface area contributed by atoms with Crippen molar-refractivity contribution in [3.63, 3.8) is 0 Å². The normalized spacial score (nSPS) is 12.1. The first-order valence-corrected chi connectivity index (χ1v) is 16.9. The molecule has 0 saturated carbocycles. The van der Waals surface area contributed by atoms with Gasteiger partial charge >= 0.3 is 0 Å². The summed E-state index contributed by atoms with van der Waals surface area (Å²) in [6.07, 6.45) is 0.174. The average molecular weight is 685 g/mol. The monoisotopic (exact) mass is 683 g/mol. The molecule has 4 aromatic carbocycles. The van der Waals surface area contributed by atoms with Crippen molar-refractivity contribution in [2.24, 2.45) is 5.92 Å². The van der Waals surface area contributed by atoms with Gasteiger partial charge in [0.1, 0.15) is 18.4 Å². The van der Waals surface area contributed by atoms with E-state index in [4.69, 9.17) is 23.2 Å². The molecule has 0 radical (unpaired) electrons. The van der Waals surface area contributed by atoms with Gasteiger partial charge in [-0.1, -0.05) is 91.1 Å². The minimum Gasteiger partial charge on any atom is -0.354 e. The number of halogens is 3. The number of nitrogens with zero attached hydrogens (tertiary/aromatic N) is 2. The van der Waals surface area contributed by atoms with Gasteiger partial charge in [0.2, 0.25) is 11.8 Å². The molecule has 0 aromatic heterocycles. The molecule has 0 aliphatic carbocycles. The Kier molecular flexibility index (Phi) is 11.8. The van der Waals surface area contributed by atoms with Crippen LogP contribution in [0.1, 0.15) is 30.5 Å². The number of carbonyl (C=O) groups is 2. The van der Waals surface area contributed by atoms with E-state index in [0.717, 1.165) is 39.7 Å². The fourth-order valence-corrected chi connectivity index (χ4v) is 6.52. The number of amides is 2. The van der Waals surface area contributed by atoms with Crippen LogP contribution in [-0.4, -0.2) is 44.3 Å². The SMILES string of the molecule is Cc1ccc(N(CC(=O)N(Cc2ccc(Cl)c(Cl)c2)C(Cc2ccccc2)C(=O)NCC(C)C)S(=O)(=O)c2ccc(F)cc2)cc1. The fourth-order valence-electron chi connectivity index (χ4n) is 4.78. The molecule has 46 heavy (non-hydrogen) atoms. The van der Waals surface area contributed by atoms with Crippen molar-refractivity contribution in [1.82, 2.24) is 10.2 Å². The molecule has 7 nitrogen and oxygen atoms in total. The van der Waals surface area contributed by atoms with Crippen LogP contribution in [0, 0.1) is 18.7 Å². The molecule has 0 fully saturated rings.